The predicted molar refractivity (Wildman–Crippen MR) is 70.5 cm³/mol. The van der Waals surface area contributed by atoms with Gasteiger partial charge in [0.15, 0.2) is 11.9 Å². The summed E-state index contributed by atoms with van der Waals surface area (Å²) in [5, 5.41) is 7.52. The highest BCUT2D eigenvalue weighted by Gasteiger charge is 2.30. The molecule has 0 amide bonds. The molecule has 3 rings (SSSR count). The Morgan fingerprint density at radius 2 is 1.68 bits per heavy atom. The van der Waals surface area contributed by atoms with Crippen molar-refractivity contribution in [3.8, 4) is 16.9 Å². The summed E-state index contributed by atoms with van der Waals surface area (Å²) in [4.78, 5) is 10.9. The first-order valence-corrected chi connectivity index (χ1v) is 6.12. The van der Waals surface area contributed by atoms with E-state index in [2.05, 4.69) is 14.9 Å². The van der Waals surface area contributed by atoms with E-state index in [1.165, 1.54) is 28.7 Å². The highest BCUT2D eigenvalue weighted by Crippen LogP contribution is 2.26. The van der Waals surface area contributed by atoms with Crippen LogP contribution in [0.5, 0.6) is 5.75 Å². The Hall–Kier alpha value is -2.90. The molecule has 0 aliphatic rings. The normalized spacial score (nSPS) is 11.6. The Kier molecular flexibility index (Phi) is 3.28. The van der Waals surface area contributed by atoms with E-state index in [1.807, 2.05) is 0 Å². The maximum Gasteiger partial charge on any atom is 0.573 e. The Labute approximate surface area is 122 Å². The first kappa shape index (κ1) is 14.1. The fourth-order valence-corrected chi connectivity index (χ4v) is 2.01. The van der Waals surface area contributed by atoms with Gasteiger partial charge in [-0.2, -0.15) is 0 Å². The zero-order valence-corrected chi connectivity index (χ0v) is 10.9. The predicted octanol–water partition coefficient (Wildman–Crippen LogP) is 3.11. The highest BCUT2D eigenvalue weighted by molar-refractivity contribution is 5.72. The number of aldehydes is 1. The van der Waals surface area contributed by atoms with Crippen molar-refractivity contribution >= 4 is 11.9 Å². The van der Waals surface area contributed by atoms with E-state index in [4.69, 9.17) is 0 Å². The van der Waals surface area contributed by atoms with Crippen LogP contribution in [0.25, 0.3) is 16.8 Å². The topological polar surface area (TPSA) is 56.5 Å². The first-order chi connectivity index (χ1) is 10.5. The van der Waals surface area contributed by atoms with Gasteiger partial charge in [-0.15, -0.1) is 23.4 Å². The lowest BCUT2D eigenvalue weighted by molar-refractivity contribution is -0.274. The van der Waals surface area contributed by atoms with Crippen molar-refractivity contribution in [1.29, 1.82) is 0 Å². The molecule has 0 bridgehead atoms. The van der Waals surface area contributed by atoms with Crippen molar-refractivity contribution in [3.63, 3.8) is 0 Å². The number of hydrogen-bond acceptors (Lipinski definition) is 4. The number of nitrogens with zero attached hydrogens (tertiary/aromatic N) is 3. The molecular weight excluding hydrogens is 299 g/mol. The van der Waals surface area contributed by atoms with Gasteiger partial charge in [-0.25, -0.2) is 0 Å². The zero-order valence-electron chi connectivity index (χ0n) is 10.9. The quantitative estimate of drug-likeness (QED) is 0.698. The molecule has 5 nitrogen and oxygen atoms in total. The SMILES string of the molecule is O=Cc1nnc2ccc(-c3ccc(OC(F)(F)F)cc3)cn12. The van der Waals surface area contributed by atoms with Crippen LogP contribution < -0.4 is 4.74 Å². The summed E-state index contributed by atoms with van der Waals surface area (Å²) in [5.74, 6) is -0.149. The number of rotatable bonds is 3. The summed E-state index contributed by atoms with van der Waals surface area (Å²) < 4.78 is 41.7. The molecule has 0 radical (unpaired) electrons. The Balaban J connectivity index is 1.95. The molecule has 3 aromatic rings. The summed E-state index contributed by atoms with van der Waals surface area (Å²) in [6.07, 6.45) is -2.51. The molecule has 0 aliphatic heterocycles. The lowest BCUT2D eigenvalue weighted by Gasteiger charge is -2.09. The molecule has 0 unspecified atom stereocenters. The van der Waals surface area contributed by atoms with Gasteiger partial charge in [-0.1, -0.05) is 12.1 Å². The molecule has 0 fully saturated rings. The maximum absolute atomic E-state index is 12.1. The summed E-state index contributed by atoms with van der Waals surface area (Å²) >= 11 is 0. The molecule has 2 aromatic heterocycles. The third kappa shape index (κ3) is 2.76. The monoisotopic (exact) mass is 307 g/mol. The minimum absolute atomic E-state index is 0.147. The molecule has 0 saturated heterocycles. The number of carbonyl (C=O) groups excluding carboxylic acids is 1. The fraction of sp³-hybridized carbons (Fsp3) is 0.0714. The third-order valence-electron chi connectivity index (χ3n) is 2.96. The van der Waals surface area contributed by atoms with Crippen LogP contribution in [0, 0.1) is 0 Å². The van der Waals surface area contributed by atoms with E-state index in [-0.39, 0.29) is 11.6 Å². The van der Waals surface area contributed by atoms with Gasteiger partial charge in [0, 0.05) is 6.20 Å². The van der Waals surface area contributed by atoms with Crippen molar-refractivity contribution in [2.75, 3.05) is 0 Å². The largest absolute Gasteiger partial charge is 0.573 e. The number of benzene rings is 1. The van der Waals surface area contributed by atoms with Gasteiger partial charge in [0.05, 0.1) is 0 Å². The molecule has 8 heteroatoms. The number of carbonyl (C=O) groups is 1. The fourth-order valence-electron chi connectivity index (χ4n) is 2.01. The van der Waals surface area contributed by atoms with Crippen molar-refractivity contribution in [1.82, 2.24) is 14.6 Å². The lowest BCUT2D eigenvalue weighted by atomic mass is 10.1. The zero-order chi connectivity index (χ0) is 15.7. The first-order valence-electron chi connectivity index (χ1n) is 6.12. The van der Waals surface area contributed by atoms with Crippen LogP contribution in [0.2, 0.25) is 0 Å². The minimum atomic E-state index is -4.72. The van der Waals surface area contributed by atoms with Gasteiger partial charge in [-0.3, -0.25) is 9.20 Å². The molecule has 22 heavy (non-hydrogen) atoms. The van der Waals surface area contributed by atoms with Crippen molar-refractivity contribution in [2.24, 2.45) is 0 Å². The summed E-state index contributed by atoms with van der Waals surface area (Å²) in [6, 6.07) is 8.83. The number of aromatic nitrogens is 3. The van der Waals surface area contributed by atoms with Crippen LogP contribution in [0.1, 0.15) is 10.6 Å². The Morgan fingerprint density at radius 3 is 2.32 bits per heavy atom. The number of halogens is 3. The molecule has 0 aliphatic carbocycles. The summed E-state index contributed by atoms with van der Waals surface area (Å²) in [5.41, 5.74) is 1.87. The number of pyridine rings is 1. The second-order valence-electron chi connectivity index (χ2n) is 4.39. The molecule has 2 heterocycles. The van der Waals surface area contributed by atoms with E-state index in [9.17, 15) is 18.0 Å². The van der Waals surface area contributed by atoms with Crippen molar-refractivity contribution in [2.45, 2.75) is 6.36 Å². The molecule has 112 valence electrons. The van der Waals surface area contributed by atoms with Crippen molar-refractivity contribution < 1.29 is 22.7 Å². The van der Waals surface area contributed by atoms with E-state index in [0.717, 1.165) is 0 Å². The van der Waals surface area contributed by atoms with Gasteiger partial charge in [-0.05, 0) is 35.4 Å². The number of hydrogen-bond donors (Lipinski definition) is 0. The smallest absolute Gasteiger partial charge is 0.406 e. The van der Waals surface area contributed by atoms with Gasteiger partial charge in [0.25, 0.3) is 0 Å². The molecule has 0 saturated carbocycles. The lowest BCUT2D eigenvalue weighted by Crippen LogP contribution is -2.16. The second-order valence-corrected chi connectivity index (χ2v) is 4.39. The van der Waals surface area contributed by atoms with E-state index < -0.39 is 6.36 Å². The maximum atomic E-state index is 12.1. The standard InChI is InChI=1S/C14H8F3N3O2/c15-14(16,17)22-11-4-1-9(2-5-11)10-3-6-12-18-19-13(8-21)20(12)7-10/h1-8H. The van der Waals surface area contributed by atoms with Crippen LogP contribution in [0.4, 0.5) is 13.2 Å². The van der Waals surface area contributed by atoms with Crippen LogP contribution in [0.15, 0.2) is 42.6 Å². The van der Waals surface area contributed by atoms with Gasteiger partial charge in [0.2, 0.25) is 5.82 Å². The molecule has 0 N–H and O–H groups in total. The van der Waals surface area contributed by atoms with Crippen LogP contribution in [0.3, 0.4) is 0 Å². The highest BCUT2D eigenvalue weighted by atomic mass is 19.4. The molecule has 1 aromatic carbocycles. The van der Waals surface area contributed by atoms with E-state index in [1.54, 1.807) is 18.3 Å². The van der Waals surface area contributed by atoms with Crippen molar-refractivity contribution in [3.05, 3.63) is 48.4 Å². The van der Waals surface area contributed by atoms with Gasteiger partial charge >= 0.3 is 6.36 Å². The van der Waals surface area contributed by atoms with Crippen LogP contribution in [-0.2, 0) is 0 Å². The van der Waals surface area contributed by atoms with Crippen LogP contribution >= 0.6 is 0 Å². The average molecular weight is 307 g/mol. The Morgan fingerprint density at radius 1 is 1.00 bits per heavy atom. The summed E-state index contributed by atoms with van der Waals surface area (Å²) in [7, 11) is 0. The second kappa shape index (κ2) is 5.14. The number of alkyl halides is 3. The third-order valence-corrected chi connectivity index (χ3v) is 2.96. The van der Waals surface area contributed by atoms with Gasteiger partial charge in [0.1, 0.15) is 5.75 Å². The van der Waals surface area contributed by atoms with Crippen LogP contribution in [-0.4, -0.2) is 27.2 Å². The molecule has 0 spiro atoms. The molecular formula is C14H8F3N3O2. The number of ether oxygens (including phenoxy) is 1. The Bertz CT molecular complexity index is 825. The van der Waals surface area contributed by atoms with E-state index in [0.29, 0.717) is 23.1 Å². The summed E-state index contributed by atoms with van der Waals surface area (Å²) in [6.45, 7) is 0. The molecule has 0 atom stereocenters. The van der Waals surface area contributed by atoms with E-state index >= 15 is 0 Å². The minimum Gasteiger partial charge on any atom is -0.406 e. The number of fused-ring (bicyclic) bond motifs is 1. The average Bonchev–Trinajstić information content (AvgIpc) is 2.88. The van der Waals surface area contributed by atoms with Gasteiger partial charge < -0.3 is 4.74 Å².